The minimum absolute atomic E-state index is 0. The van der Waals surface area contributed by atoms with Gasteiger partial charge in [0, 0.05) is 25.1 Å². The Morgan fingerprint density at radius 1 is 1.00 bits per heavy atom. The summed E-state index contributed by atoms with van der Waals surface area (Å²) in [5.74, 6) is 0. The second-order valence-corrected chi connectivity index (χ2v) is 9.71. The van der Waals surface area contributed by atoms with Crippen molar-refractivity contribution >= 4 is 22.2 Å². The van der Waals surface area contributed by atoms with E-state index in [4.69, 9.17) is 0 Å². The second-order valence-electron chi connectivity index (χ2n) is 8.29. The maximum absolute atomic E-state index is 14.2. The molecule has 6 nitrogen and oxygen atoms in total. The summed E-state index contributed by atoms with van der Waals surface area (Å²) < 4.78 is 12.6. The standard InChI is InChI=1S/C21H28N2O2S.2H2O/c1-21(2,3)16-11-12-20-18(15-16)23(24,14-8-13-22(4)5)17-9-6-7-10-19(17)26(20)25;;/h6-7,9-12,15H,8,13-14H2,1-5H3;2*1H2. The van der Waals surface area contributed by atoms with Crippen molar-refractivity contribution in [3.8, 4) is 0 Å². The zero-order valence-corrected chi connectivity index (χ0v) is 18.1. The molecule has 1 heterocycles. The minimum Gasteiger partial charge on any atom is -0.622 e. The van der Waals surface area contributed by atoms with Crippen LogP contribution >= 0.6 is 0 Å². The predicted octanol–water partition coefficient (Wildman–Crippen LogP) is 2.90. The fraction of sp³-hybridized carbons (Fsp3) is 0.429. The van der Waals surface area contributed by atoms with Gasteiger partial charge in [-0.1, -0.05) is 39.0 Å². The van der Waals surface area contributed by atoms with Crippen molar-refractivity contribution in [2.45, 2.75) is 42.4 Å². The number of hydroxylamine groups is 1. The van der Waals surface area contributed by atoms with Crippen LogP contribution in [0.15, 0.2) is 52.3 Å². The van der Waals surface area contributed by atoms with E-state index in [-0.39, 0.29) is 16.4 Å². The molecule has 0 saturated carbocycles. The minimum atomic E-state index is -1.31. The van der Waals surface area contributed by atoms with E-state index in [0.29, 0.717) is 27.7 Å². The molecule has 0 spiro atoms. The molecule has 0 radical (unpaired) electrons. The van der Waals surface area contributed by atoms with Crippen molar-refractivity contribution in [3.63, 3.8) is 0 Å². The molecular weight excluding hydrogens is 376 g/mol. The lowest BCUT2D eigenvalue weighted by Crippen LogP contribution is -2.43. The maximum atomic E-state index is 14.2. The van der Waals surface area contributed by atoms with Crippen LogP contribution in [0.3, 0.4) is 0 Å². The van der Waals surface area contributed by atoms with Gasteiger partial charge in [0.25, 0.3) is 0 Å². The molecule has 2 aromatic carbocycles. The molecule has 1 aliphatic rings. The first kappa shape index (κ1) is 24.4. The molecule has 3 rings (SSSR count). The first-order chi connectivity index (χ1) is 12.1. The van der Waals surface area contributed by atoms with Gasteiger partial charge < -0.3 is 21.1 Å². The molecule has 156 valence electrons. The smallest absolute Gasteiger partial charge is 0.154 e. The average molecular weight is 409 g/mol. The molecule has 2 aromatic rings. The summed E-state index contributed by atoms with van der Waals surface area (Å²) >= 11 is 0. The molecular formula is C21H32N2O4S. The van der Waals surface area contributed by atoms with Crippen LogP contribution < -0.4 is 4.65 Å². The number of benzene rings is 2. The number of hydrogen-bond donors (Lipinski definition) is 0. The first-order valence-corrected chi connectivity index (χ1v) is 10.2. The number of rotatable bonds is 4. The number of para-hydroxylation sites is 1. The molecule has 0 bridgehead atoms. The summed E-state index contributed by atoms with van der Waals surface area (Å²) in [5, 5.41) is 14.2. The van der Waals surface area contributed by atoms with E-state index < -0.39 is 15.4 Å². The van der Waals surface area contributed by atoms with E-state index in [1.165, 1.54) is 0 Å². The van der Waals surface area contributed by atoms with Crippen molar-refractivity contribution in [3.05, 3.63) is 53.2 Å². The lowest BCUT2D eigenvalue weighted by Gasteiger charge is -2.46. The van der Waals surface area contributed by atoms with Gasteiger partial charge in [0.15, 0.2) is 11.4 Å². The molecule has 0 fully saturated rings. The Hall–Kier alpha value is -1.61. The Balaban J connectivity index is 0.00000196. The van der Waals surface area contributed by atoms with Gasteiger partial charge in [-0.2, -0.15) is 0 Å². The van der Waals surface area contributed by atoms with Crippen molar-refractivity contribution in [2.75, 3.05) is 27.2 Å². The van der Waals surface area contributed by atoms with Crippen molar-refractivity contribution in [1.29, 1.82) is 0 Å². The number of hydrogen-bond acceptors (Lipinski definition) is 3. The van der Waals surface area contributed by atoms with Gasteiger partial charge >= 0.3 is 0 Å². The highest BCUT2D eigenvalue weighted by molar-refractivity contribution is 7.85. The van der Waals surface area contributed by atoms with E-state index in [1.807, 2.05) is 56.6 Å². The van der Waals surface area contributed by atoms with E-state index in [9.17, 15) is 9.42 Å². The topological polar surface area (TPSA) is 106 Å². The molecule has 0 aliphatic carbocycles. The Bertz CT molecular complexity index is 849. The Labute approximate surface area is 170 Å². The van der Waals surface area contributed by atoms with Crippen LogP contribution in [0.1, 0.15) is 32.8 Å². The van der Waals surface area contributed by atoms with Crippen molar-refractivity contribution in [2.24, 2.45) is 0 Å². The predicted molar refractivity (Wildman–Crippen MR) is 116 cm³/mol. The molecule has 1 aliphatic heterocycles. The van der Waals surface area contributed by atoms with Crippen LogP contribution in [0.5, 0.6) is 0 Å². The van der Waals surface area contributed by atoms with Gasteiger partial charge in [-0.25, -0.2) is 4.21 Å². The Kier molecular flexibility index (Phi) is 7.69. The fourth-order valence-corrected chi connectivity index (χ4v) is 4.87. The highest BCUT2D eigenvalue weighted by Crippen LogP contribution is 2.48. The van der Waals surface area contributed by atoms with Gasteiger partial charge in [0.2, 0.25) is 0 Å². The SMILES string of the molecule is CN(C)CCC[N+]1([O-])c2ccccc2S(=O)c2ccc(C(C)(C)C)cc21.O.O. The van der Waals surface area contributed by atoms with Crippen LogP contribution in [0.25, 0.3) is 0 Å². The molecule has 7 heteroatoms. The monoisotopic (exact) mass is 408 g/mol. The van der Waals surface area contributed by atoms with Crippen LogP contribution in [0.2, 0.25) is 0 Å². The zero-order chi connectivity index (χ0) is 19.1. The van der Waals surface area contributed by atoms with Crippen LogP contribution in [-0.4, -0.2) is 47.2 Å². The third kappa shape index (κ3) is 4.35. The number of nitrogens with zero attached hydrogens (tertiary/aromatic N) is 2. The van der Waals surface area contributed by atoms with Gasteiger partial charge in [-0.3, -0.25) is 4.65 Å². The summed E-state index contributed by atoms with van der Waals surface area (Å²) in [6.45, 7) is 7.69. The normalized spacial score (nSPS) is 20.6. The lowest BCUT2D eigenvalue weighted by molar-refractivity contribution is 0.367. The lowest BCUT2D eigenvalue weighted by atomic mass is 9.86. The van der Waals surface area contributed by atoms with E-state index in [0.717, 1.165) is 18.5 Å². The van der Waals surface area contributed by atoms with E-state index in [2.05, 4.69) is 25.7 Å². The van der Waals surface area contributed by atoms with Crippen LogP contribution in [-0.2, 0) is 16.2 Å². The summed E-state index contributed by atoms with van der Waals surface area (Å²) in [6, 6.07) is 13.3. The summed E-state index contributed by atoms with van der Waals surface area (Å²) in [7, 11) is 2.72. The molecule has 2 unspecified atom stereocenters. The Morgan fingerprint density at radius 2 is 1.61 bits per heavy atom. The fourth-order valence-electron chi connectivity index (χ4n) is 3.43. The van der Waals surface area contributed by atoms with Gasteiger partial charge in [-0.05, 0) is 37.2 Å². The van der Waals surface area contributed by atoms with Gasteiger partial charge in [-0.15, -0.1) is 0 Å². The first-order valence-electron chi connectivity index (χ1n) is 9.05. The number of fused-ring (bicyclic) bond motifs is 2. The maximum Gasteiger partial charge on any atom is 0.154 e. The van der Waals surface area contributed by atoms with E-state index >= 15 is 0 Å². The number of quaternary nitrogens is 1. The second kappa shape index (κ2) is 8.82. The van der Waals surface area contributed by atoms with Crippen LogP contribution in [0, 0.1) is 5.21 Å². The highest BCUT2D eigenvalue weighted by Gasteiger charge is 2.38. The van der Waals surface area contributed by atoms with Gasteiger partial charge in [0.1, 0.15) is 9.79 Å². The Morgan fingerprint density at radius 3 is 2.21 bits per heavy atom. The van der Waals surface area contributed by atoms with Gasteiger partial charge in [0.05, 0.1) is 17.3 Å². The largest absolute Gasteiger partial charge is 0.622 e. The third-order valence-electron chi connectivity index (χ3n) is 4.95. The molecule has 28 heavy (non-hydrogen) atoms. The summed E-state index contributed by atoms with van der Waals surface area (Å²) in [5.41, 5.74) is 2.28. The van der Waals surface area contributed by atoms with Crippen molar-refractivity contribution in [1.82, 2.24) is 9.55 Å². The molecule has 4 N–H and O–H groups in total. The average Bonchev–Trinajstić information content (AvgIpc) is 2.58. The summed E-state index contributed by atoms with van der Waals surface area (Å²) in [6.07, 6.45) is 0.774. The molecule has 0 amide bonds. The third-order valence-corrected chi connectivity index (χ3v) is 6.44. The quantitative estimate of drug-likeness (QED) is 0.573. The van der Waals surface area contributed by atoms with E-state index in [1.54, 1.807) is 0 Å². The molecule has 0 aromatic heterocycles. The molecule has 0 saturated heterocycles. The molecule has 2 atom stereocenters. The van der Waals surface area contributed by atoms with Crippen molar-refractivity contribution < 1.29 is 15.2 Å². The summed E-state index contributed by atoms with van der Waals surface area (Å²) in [4.78, 5) is 3.38. The highest BCUT2D eigenvalue weighted by atomic mass is 32.2. The van der Waals surface area contributed by atoms with Crippen LogP contribution in [0.4, 0.5) is 11.4 Å². The zero-order valence-electron chi connectivity index (χ0n) is 17.3.